The molecular weight excluding hydrogens is 725 g/mol. The van der Waals surface area contributed by atoms with Crippen molar-refractivity contribution < 1.29 is 34.0 Å². The maximum Gasteiger partial charge on any atom is 0.336 e. The standard InChI is InChI=1S/C46H42N2O7S/c1-30-41(29-56-42-13-6-5-12-40(42)44(50)51)54-45(55-43(30)34-16-14-31(28-49)15-17-34)35-20-18-33(19-21-35)36-9-7-8-32(26-36)27-47-46(52)48-37-22-24-39(25-23-37)53-38-10-3-2-4-11-38/h2-26,30,41,43,45,49H,27-29H2,1H3,(H,50,51)(H2,47,48,52)/t30-,41+,43+,45+/m0/s1. The summed E-state index contributed by atoms with van der Waals surface area (Å²) in [5.41, 5.74) is 6.50. The third-order valence-electron chi connectivity index (χ3n) is 9.63. The van der Waals surface area contributed by atoms with Crippen LogP contribution >= 0.6 is 11.8 Å². The lowest BCUT2D eigenvalue weighted by atomic mass is 9.91. The van der Waals surface area contributed by atoms with Gasteiger partial charge in [0.2, 0.25) is 0 Å². The Morgan fingerprint density at radius 1 is 0.714 bits per heavy atom. The van der Waals surface area contributed by atoms with Crippen molar-refractivity contribution in [1.82, 2.24) is 5.32 Å². The predicted octanol–water partition coefficient (Wildman–Crippen LogP) is 10.2. The van der Waals surface area contributed by atoms with E-state index in [1.165, 1.54) is 11.8 Å². The van der Waals surface area contributed by atoms with Crippen molar-refractivity contribution in [2.45, 2.75) is 43.5 Å². The quantitative estimate of drug-likeness (QED) is 0.0856. The molecule has 10 heteroatoms. The molecule has 0 unspecified atom stereocenters. The Hall–Kier alpha value is -5.91. The van der Waals surface area contributed by atoms with Crippen LogP contribution in [-0.2, 0) is 22.6 Å². The average molecular weight is 767 g/mol. The lowest BCUT2D eigenvalue weighted by Gasteiger charge is -2.41. The van der Waals surface area contributed by atoms with Crippen LogP contribution < -0.4 is 15.4 Å². The third kappa shape index (κ3) is 9.66. The molecule has 0 spiro atoms. The monoisotopic (exact) mass is 766 g/mol. The van der Waals surface area contributed by atoms with Gasteiger partial charge in [0.1, 0.15) is 11.5 Å². The highest BCUT2D eigenvalue weighted by Crippen LogP contribution is 2.43. The number of ether oxygens (including phenoxy) is 3. The summed E-state index contributed by atoms with van der Waals surface area (Å²) in [6.07, 6.45) is -1.21. The van der Waals surface area contributed by atoms with E-state index in [0.29, 0.717) is 28.6 Å². The number of anilines is 1. The van der Waals surface area contributed by atoms with Crippen molar-refractivity contribution in [2.24, 2.45) is 5.92 Å². The summed E-state index contributed by atoms with van der Waals surface area (Å²) in [6.45, 7) is 2.38. The first kappa shape index (κ1) is 38.4. The minimum Gasteiger partial charge on any atom is -0.478 e. The Morgan fingerprint density at radius 3 is 2.14 bits per heavy atom. The van der Waals surface area contributed by atoms with Gasteiger partial charge in [0, 0.05) is 34.4 Å². The minimum absolute atomic E-state index is 0.0436. The van der Waals surface area contributed by atoms with Gasteiger partial charge in [-0.2, -0.15) is 0 Å². The number of rotatable bonds is 13. The van der Waals surface area contributed by atoms with Crippen LogP contribution in [0.4, 0.5) is 10.5 Å². The van der Waals surface area contributed by atoms with E-state index in [1.807, 2.05) is 121 Å². The molecule has 0 aliphatic carbocycles. The number of carboxylic acid groups (broad SMARTS) is 1. The first-order valence-electron chi connectivity index (χ1n) is 18.4. The van der Waals surface area contributed by atoms with Crippen molar-refractivity contribution in [1.29, 1.82) is 0 Å². The SMILES string of the molecule is C[C@H]1[C@@H](CSc2ccccc2C(=O)O)O[C@@H](c2ccc(-c3cccc(CNC(=O)Nc4ccc(Oc5ccccc5)cc4)c3)cc2)O[C@H]1c1ccc(CO)cc1. The molecule has 4 atom stereocenters. The van der Waals surface area contributed by atoms with Gasteiger partial charge in [0.05, 0.1) is 24.4 Å². The zero-order valence-electron chi connectivity index (χ0n) is 30.7. The summed E-state index contributed by atoms with van der Waals surface area (Å²) in [6, 6.07) is 47.2. The Labute approximate surface area is 330 Å². The van der Waals surface area contributed by atoms with Gasteiger partial charge in [0.25, 0.3) is 0 Å². The summed E-state index contributed by atoms with van der Waals surface area (Å²) < 4.78 is 19.1. The lowest BCUT2D eigenvalue weighted by molar-refractivity contribution is -0.268. The summed E-state index contributed by atoms with van der Waals surface area (Å²) in [7, 11) is 0. The highest BCUT2D eigenvalue weighted by atomic mass is 32.2. The number of hydrogen-bond acceptors (Lipinski definition) is 7. The van der Waals surface area contributed by atoms with E-state index in [0.717, 1.165) is 39.1 Å². The molecule has 1 fully saturated rings. The molecule has 1 heterocycles. The molecule has 9 nitrogen and oxygen atoms in total. The molecule has 4 N–H and O–H groups in total. The number of carbonyl (C=O) groups is 2. The normalized spacial score (nSPS) is 17.8. The van der Waals surface area contributed by atoms with Gasteiger partial charge in [-0.3, -0.25) is 0 Å². The van der Waals surface area contributed by atoms with E-state index >= 15 is 0 Å². The fraction of sp³-hybridized carbons (Fsp3) is 0.174. The van der Waals surface area contributed by atoms with Crippen molar-refractivity contribution in [3.8, 4) is 22.6 Å². The number of hydrogen-bond donors (Lipinski definition) is 4. The number of nitrogens with one attached hydrogen (secondary N) is 2. The van der Waals surface area contributed by atoms with Gasteiger partial charge >= 0.3 is 12.0 Å². The number of urea groups is 1. The Morgan fingerprint density at radius 2 is 1.41 bits per heavy atom. The Bertz CT molecular complexity index is 2230. The zero-order chi connectivity index (χ0) is 38.9. The molecule has 1 aliphatic heterocycles. The smallest absolute Gasteiger partial charge is 0.336 e. The second-order valence-corrected chi connectivity index (χ2v) is 14.6. The van der Waals surface area contributed by atoms with Crippen LogP contribution in [0.25, 0.3) is 11.1 Å². The lowest BCUT2D eigenvalue weighted by Crippen LogP contribution is -2.38. The maximum absolute atomic E-state index is 12.7. The number of carboxylic acids is 1. The van der Waals surface area contributed by atoms with Crippen LogP contribution in [0.5, 0.6) is 11.5 Å². The molecule has 6 aromatic rings. The van der Waals surface area contributed by atoms with Crippen LogP contribution in [0, 0.1) is 5.92 Å². The van der Waals surface area contributed by atoms with Crippen LogP contribution in [0.2, 0.25) is 0 Å². The molecular formula is C46H42N2O7S. The topological polar surface area (TPSA) is 126 Å². The van der Waals surface area contributed by atoms with Crippen LogP contribution in [0.15, 0.2) is 157 Å². The van der Waals surface area contributed by atoms with E-state index in [4.69, 9.17) is 14.2 Å². The molecule has 0 aromatic heterocycles. The summed E-state index contributed by atoms with van der Waals surface area (Å²) in [5, 5.41) is 25.1. The predicted molar refractivity (Wildman–Crippen MR) is 218 cm³/mol. The largest absolute Gasteiger partial charge is 0.478 e. The van der Waals surface area contributed by atoms with Crippen LogP contribution in [-0.4, -0.2) is 34.1 Å². The Balaban J connectivity index is 1.00. The second-order valence-electron chi connectivity index (χ2n) is 13.5. The fourth-order valence-corrected chi connectivity index (χ4v) is 7.74. The second kappa shape index (κ2) is 18.1. The number of amides is 2. The number of benzene rings is 6. The fourth-order valence-electron chi connectivity index (χ4n) is 6.53. The van der Waals surface area contributed by atoms with Gasteiger partial charge in [-0.25, -0.2) is 9.59 Å². The van der Waals surface area contributed by atoms with E-state index in [-0.39, 0.29) is 36.3 Å². The molecule has 284 valence electrons. The maximum atomic E-state index is 12.7. The number of carbonyl (C=O) groups excluding carboxylic acids is 1. The van der Waals surface area contributed by atoms with E-state index in [2.05, 4.69) is 23.6 Å². The van der Waals surface area contributed by atoms with Crippen LogP contribution in [0.1, 0.15) is 51.9 Å². The van der Waals surface area contributed by atoms with E-state index in [9.17, 15) is 19.8 Å². The first-order chi connectivity index (χ1) is 27.3. The van der Waals surface area contributed by atoms with E-state index in [1.54, 1.807) is 24.3 Å². The van der Waals surface area contributed by atoms with Crippen LogP contribution in [0.3, 0.4) is 0 Å². The number of aliphatic hydroxyl groups excluding tert-OH is 1. The van der Waals surface area contributed by atoms with Crippen molar-refractivity contribution >= 4 is 29.4 Å². The molecule has 1 saturated heterocycles. The van der Waals surface area contributed by atoms with Gasteiger partial charge in [0.15, 0.2) is 6.29 Å². The molecule has 2 amide bonds. The van der Waals surface area contributed by atoms with Gasteiger partial charge in [-0.05, 0) is 82.4 Å². The molecule has 1 aliphatic rings. The molecule has 0 bridgehead atoms. The first-order valence-corrected chi connectivity index (χ1v) is 19.3. The minimum atomic E-state index is -0.964. The van der Waals surface area contributed by atoms with E-state index < -0.39 is 12.3 Å². The summed E-state index contributed by atoms with van der Waals surface area (Å²) in [4.78, 5) is 25.3. The average Bonchev–Trinajstić information content (AvgIpc) is 3.24. The zero-order valence-corrected chi connectivity index (χ0v) is 31.5. The molecule has 0 radical (unpaired) electrons. The molecule has 6 aromatic carbocycles. The molecule has 56 heavy (non-hydrogen) atoms. The molecule has 7 rings (SSSR count). The summed E-state index contributed by atoms with van der Waals surface area (Å²) in [5.74, 6) is 0.936. The van der Waals surface area contributed by atoms with Crippen molar-refractivity contribution in [2.75, 3.05) is 11.1 Å². The third-order valence-corrected chi connectivity index (χ3v) is 10.8. The highest BCUT2D eigenvalue weighted by molar-refractivity contribution is 7.99. The van der Waals surface area contributed by atoms with Gasteiger partial charge < -0.3 is 35.1 Å². The number of aromatic carboxylic acids is 1. The highest BCUT2D eigenvalue weighted by Gasteiger charge is 2.38. The molecule has 0 saturated carbocycles. The van der Waals surface area contributed by atoms with Gasteiger partial charge in [-0.15, -0.1) is 11.8 Å². The van der Waals surface area contributed by atoms with Gasteiger partial charge in [-0.1, -0.05) is 104 Å². The van der Waals surface area contributed by atoms with Crippen molar-refractivity contribution in [3.05, 3.63) is 179 Å². The summed E-state index contributed by atoms with van der Waals surface area (Å²) >= 11 is 1.46. The Kier molecular flexibility index (Phi) is 12.4. The number of aliphatic hydroxyl groups is 1. The number of para-hydroxylation sites is 1. The number of thioether (sulfide) groups is 1. The van der Waals surface area contributed by atoms with Crippen molar-refractivity contribution in [3.63, 3.8) is 0 Å².